The number of hydrogen-bond acceptors (Lipinski definition) is 2. The van der Waals surface area contributed by atoms with Crippen molar-refractivity contribution in [1.82, 2.24) is 4.98 Å². The summed E-state index contributed by atoms with van der Waals surface area (Å²) in [6, 6.07) is 7.52. The van der Waals surface area contributed by atoms with Crippen molar-refractivity contribution in [1.29, 1.82) is 5.26 Å². The number of aromatic nitrogens is 1. The normalized spacial score (nSPS) is 12.6. The molecule has 0 amide bonds. The highest BCUT2D eigenvalue weighted by molar-refractivity contribution is 5.84. The summed E-state index contributed by atoms with van der Waals surface area (Å²) >= 11 is 0. The third-order valence-corrected chi connectivity index (χ3v) is 2.59. The van der Waals surface area contributed by atoms with Crippen LogP contribution in [0.15, 0.2) is 24.4 Å². The Kier molecular flexibility index (Phi) is 2.44. The SMILES string of the molecule is CC[C@@H](O)c1c[nH]c2cc(C#N)ccc12. The lowest BCUT2D eigenvalue weighted by Gasteiger charge is -2.05. The van der Waals surface area contributed by atoms with Gasteiger partial charge in [-0.3, -0.25) is 0 Å². The first-order valence-corrected chi connectivity index (χ1v) is 4.95. The van der Waals surface area contributed by atoms with Gasteiger partial charge in [-0.1, -0.05) is 13.0 Å². The number of aliphatic hydroxyl groups excluding tert-OH is 1. The number of fused-ring (bicyclic) bond motifs is 1. The molecule has 1 heterocycles. The maximum Gasteiger partial charge on any atom is 0.0992 e. The number of nitrogens with zero attached hydrogens (tertiary/aromatic N) is 1. The van der Waals surface area contributed by atoms with Crippen LogP contribution in [0.25, 0.3) is 10.9 Å². The minimum atomic E-state index is -0.438. The number of hydrogen-bond donors (Lipinski definition) is 2. The van der Waals surface area contributed by atoms with Crippen LogP contribution in [0.5, 0.6) is 0 Å². The number of rotatable bonds is 2. The zero-order valence-corrected chi connectivity index (χ0v) is 8.49. The van der Waals surface area contributed by atoms with E-state index in [1.54, 1.807) is 18.3 Å². The van der Waals surface area contributed by atoms with Gasteiger partial charge in [0.15, 0.2) is 0 Å². The molecule has 3 nitrogen and oxygen atoms in total. The maximum atomic E-state index is 9.76. The molecule has 0 radical (unpaired) electrons. The second-order valence-electron chi connectivity index (χ2n) is 3.54. The van der Waals surface area contributed by atoms with E-state index in [9.17, 15) is 5.11 Å². The van der Waals surface area contributed by atoms with Gasteiger partial charge in [0.2, 0.25) is 0 Å². The summed E-state index contributed by atoms with van der Waals surface area (Å²) in [5.41, 5.74) is 2.43. The van der Waals surface area contributed by atoms with Crippen LogP contribution in [0.3, 0.4) is 0 Å². The van der Waals surface area contributed by atoms with Crippen LogP contribution in [0.2, 0.25) is 0 Å². The smallest absolute Gasteiger partial charge is 0.0992 e. The Hall–Kier alpha value is -1.79. The number of nitriles is 1. The Morgan fingerprint density at radius 1 is 1.53 bits per heavy atom. The van der Waals surface area contributed by atoms with E-state index in [-0.39, 0.29) is 0 Å². The second-order valence-corrected chi connectivity index (χ2v) is 3.54. The molecule has 2 aromatic rings. The van der Waals surface area contributed by atoms with E-state index in [0.717, 1.165) is 16.5 Å². The summed E-state index contributed by atoms with van der Waals surface area (Å²) in [6.45, 7) is 1.94. The van der Waals surface area contributed by atoms with Crippen molar-refractivity contribution in [3.8, 4) is 6.07 Å². The van der Waals surface area contributed by atoms with Gasteiger partial charge in [-0.05, 0) is 18.6 Å². The summed E-state index contributed by atoms with van der Waals surface area (Å²) in [5.74, 6) is 0. The molecule has 15 heavy (non-hydrogen) atoms. The van der Waals surface area contributed by atoms with Crippen molar-refractivity contribution in [3.63, 3.8) is 0 Å². The van der Waals surface area contributed by atoms with Crippen molar-refractivity contribution in [3.05, 3.63) is 35.5 Å². The van der Waals surface area contributed by atoms with Crippen LogP contribution >= 0.6 is 0 Å². The Balaban J connectivity index is 2.58. The molecular weight excluding hydrogens is 188 g/mol. The molecule has 0 spiro atoms. The first-order chi connectivity index (χ1) is 7.26. The number of benzene rings is 1. The number of aromatic amines is 1. The maximum absolute atomic E-state index is 9.76. The van der Waals surface area contributed by atoms with Gasteiger partial charge in [-0.2, -0.15) is 5.26 Å². The minimum absolute atomic E-state index is 0.438. The van der Waals surface area contributed by atoms with Crippen LogP contribution in [0, 0.1) is 11.3 Å². The Morgan fingerprint density at radius 2 is 2.33 bits per heavy atom. The third kappa shape index (κ3) is 1.60. The number of nitrogens with one attached hydrogen (secondary N) is 1. The van der Waals surface area contributed by atoms with E-state index in [4.69, 9.17) is 5.26 Å². The fourth-order valence-electron chi connectivity index (χ4n) is 1.71. The van der Waals surface area contributed by atoms with E-state index in [1.807, 2.05) is 13.0 Å². The monoisotopic (exact) mass is 200 g/mol. The summed E-state index contributed by atoms with van der Waals surface area (Å²) in [7, 11) is 0. The van der Waals surface area contributed by atoms with E-state index in [0.29, 0.717) is 12.0 Å². The molecule has 0 fully saturated rings. The van der Waals surface area contributed by atoms with Gasteiger partial charge in [-0.15, -0.1) is 0 Å². The van der Waals surface area contributed by atoms with E-state index in [2.05, 4.69) is 11.1 Å². The van der Waals surface area contributed by atoms with E-state index in [1.165, 1.54) is 0 Å². The molecule has 0 aliphatic rings. The fraction of sp³-hybridized carbons (Fsp3) is 0.250. The molecule has 0 aliphatic carbocycles. The molecule has 2 N–H and O–H groups in total. The summed E-state index contributed by atoms with van der Waals surface area (Å²) in [4.78, 5) is 3.07. The zero-order chi connectivity index (χ0) is 10.8. The van der Waals surface area contributed by atoms with Crippen molar-refractivity contribution < 1.29 is 5.11 Å². The molecule has 0 bridgehead atoms. The van der Waals surface area contributed by atoms with Crippen molar-refractivity contribution >= 4 is 10.9 Å². The summed E-state index contributed by atoms with van der Waals surface area (Å²) < 4.78 is 0. The molecule has 0 unspecified atom stereocenters. The third-order valence-electron chi connectivity index (χ3n) is 2.59. The fourth-order valence-corrected chi connectivity index (χ4v) is 1.71. The quantitative estimate of drug-likeness (QED) is 0.782. The number of aliphatic hydroxyl groups is 1. The summed E-state index contributed by atoms with van der Waals surface area (Å²) in [5, 5.41) is 19.5. The highest BCUT2D eigenvalue weighted by Crippen LogP contribution is 2.26. The predicted molar refractivity (Wildman–Crippen MR) is 58.3 cm³/mol. The van der Waals surface area contributed by atoms with Gasteiger partial charge in [-0.25, -0.2) is 0 Å². The van der Waals surface area contributed by atoms with Gasteiger partial charge in [0, 0.05) is 22.7 Å². The van der Waals surface area contributed by atoms with Gasteiger partial charge in [0.25, 0.3) is 0 Å². The van der Waals surface area contributed by atoms with Gasteiger partial charge in [0.1, 0.15) is 0 Å². The average Bonchev–Trinajstić information content (AvgIpc) is 2.70. The lowest BCUT2D eigenvalue weighted by molar-refractivity contribution is 0.175. The van der Waals surface area contributed by atoms with Crippen molar-refractivity contribution in [2.24, 2.45) is 0 Å². The molecule has 1 aromatic carbocycles. The molecule has 1 atom stereocenters. The van der Waals surface area contributed by atoms with Crippen molar-refractivity contribution in [2.45, 2.75) is 19.4 Å². The molecule has 0 aliphatic heterocycles. The molecule has 0 saturated carbocycles. The van der Waals surface area contributed by atoms with Gasteiger partial charge >= 0.3 is 0 Å². The van der Waals surface area contributed by atoms with E-state index < -0.39 is 6.10 Å². The lowest BCUT2D eigenvalue weighted by Crippen LogP contribution is -1.92. The van der Waals surface area contributed by atoms with Crippen LogP contribution in [0.1, 0.15) is 30.6 Å². The molecule has 2 rings (SSSR count). The van der Waals surface area contributed by atoms with E-state index >= 15 is 0 Å². The van der Waals surface area contributed by atoms with Gasteiger partial charge < -0.3 is 10.1 Å². The predicted octanol–water partition coefficient (Wildman–Crippen LogP) is 2.48. The number of H-pyrrole nitrogens is 1. The molecule has 76 valence electrons. The molecule has 3 heteroatoms. The second kappa shape index (κ2) is 3.76. The Morgan fingerprint density at radius 3 is 3.00 bits per heavy atom. The first-order valence-electron chi connectivity index (χ1n) is 4.95. The Labute approximate surface area is 88.0 Å². The average molecular weight is 200 g/mol. The molecule has 0 saturated heterocycles. The first kappa shape index (κ1) is 9.75. The van der Waals surface area contributed by atoms with Crippen molar-refractivity contribution in [2.75, 3.05) is 0 Å². The molecule has 1 aromatic heterocycles. The topological polar surface area (TPSA) is 59.8 Å². The zero-order valence-electron chi connectivity index (χ0n) is 8.49. The highest BCUT2D eigenvalue weighted by Gasteiger charge is 2.10. The largest absolute Gasteiger partial charge is 0.388 e. The van der Waals surface area contributed by atoms with Gasteiger partial charge in [0.05, 0.1) is 17.7 Å². The highest BCUT2D eigenvalue weighted by atomic mass is 16.3. The van der Waals surface area contributed by atoms with Crippen LogP contribution in [-0.4, -0.2) is 10.1 Å². The van der Waals surface area contributed by atoms with Crippen LogP contribution in [0.4, 0.5) is 0 Å². The van der Waals surface area contributed by atoms with Crippen LogP contribution in [-0.2, 0) is 0 Å². The lowest BCUT2D eigenvalue weighted by atomic mass is 10.1. The minimum Gasteiger partial charge on any atom is -0.388 e. The van der Waals surface area contributed by atoms with Crippen LogP contribution < -0.4 is 0 Å². The summed E-state index contributed by atoms with van der Waals surface area (Å²) in [6.07, 6.45) is 2.05. The standard InChI is InChI=1S/C12H12N2O/c1-2-12(15)10-7-14-11-5-8(6-13)3-4-9(10)11/h3-5,7,12,14-15H,2H2,1H3/t12-/m1/s1. The Bertz CT molecular complexity index is 522. The molecular formula is C12H12N2O.